The number of anilines is 1. The van der Waals surface area contributed by atoms with E-state index in [0.29, 0.717) is 34.8 Å². The van der Waals surface area contributed by atoms with Crippen LogP contribution in [0, 0.1) is 12.7 Å². The van der Waals surface area contributed by atoms with Crippen LogP contribution in [0.25, 0.3) is 22.0 Å². The van der Waals surface area contributed by atoms with Gasteiger partial charge in [0.15, 0.2) is 0 Å². The Hall–Kier alpha value is -3.74. The molecule has 0 aliphatic carbocycles. The van der Waals surface area contributed by atoms with Crippen LogP contribution < -0.4 is 10.1 Å². The van der Waals surface area contributed by atoms with Gasteiger partial charge in [-0.05, 0) is 55.3 Å². The van der Waals surface area contributed by atoms with Gasteiger partial charge in [-0.1, -0.05) is 6.07 Å². The molecule has 0 saturated carbocycles. The highest BCUT2D eigenvalue weighted by atomic mass is 19.1. The summed E-state index contributed by atoms with van der Waals surface area (Å²) in [6, 6.07) is 12.3. The molecule has 0 aliphatic heterocycles. The lowest BCUT2D eigenvalue weighted by atomic mass is 10.0. The summed E-state index contributed by atoms with van der Waals surface area (Å²) in [4.78, 5) is 16.8. The molecule has 0 aliphatic rings. The van der Waals surface area contributed by atoms with E-state index in [2.05, 4.69) is 20.5 Å². The zero-order valence-electron chi connectivity index (χ0n) is 16.0. The first-order valence-electron chi connectivity index (χ1n) is 9.19. The van der Waals surface area contributed by atoms with Crippen LogP contribution >= 0.6 is 0 Å². The maximum absolute atomic E-state index is 14.5. The molecule has 2 heterocycles. The zero-order chi connectivity index (χ0) is 20.4. The molecule has 2 aromatic heterocycles. The molecule has 0 fully saturated rings. The number of fused-ring (bicyclic) bond motifs is 1. The van der Waals surface area contributed by atoms with E-state index in [1.165, 1.54) is 18.5 Å². The highest BCUT2D eigenvalue weighted by molar-refractivity contribution is 6.04. The number of H-pyrrole nitrogens is 1. The topological polar surface area (TPSA) is 79.9 Å². The molecule has 1 amide bonds. The minimum absolute atomic E-state index is 0.290. The van der Waals surface area contributed by atoms with Crippen molar-refractivity contribution in [2.75, 3.05) is 11.9 Å². The molecule has 4 rings (SSSR count). The lowest BCUT2D eigenvalue weighted by Crippen LogP contribution is -2.13. The van der Waals surface area contributed by atoms with E-state index >= 15 is 0 Å². The van der Waals surface area contributed by atoms with Gasteiger partial charge in [-0.25, -0.2) is 9.37 Å². The summed E-state index contributed by atoms with van der Waals surface area (Å²) in [5.41, 5.74) is 3.17. The second-order valence-corrected chi connectivity index (χ2v) is 6.58. The van der Waals surface area contributed by atoms with E-state index in [0.717, 1.165) is 16.5 Å². The number of nitrogens with zero attached hydrogens (tertiary/aromatic N) is 2. The van der Waals surface area contributed by atoms with Crippen molar-refractivity contribution in [3.63, 3.8) is 0 Å². The van der Waals surface area contributed by atoms with Crippen LogP contribution in [0.5, 0.6) is 5.75 Å². The van der Waals surface area contributed by atoms with E-state index in [4.69, 9.17) is 4.74 Å². The Morgan fingerprint density at radius 3 is 2.79 bits per heavy atom. The number of carbonyl (C=O) groups excluding carboxylic acids is 1. The number of halogens is 1. The average molecular weight is 390 g/mol. The third kappa shape index (κ3) is 3.80. The van der Waals surface area contributed by atoms with Crippen LogP contribution in [-0.2, 0) is 0 Å². The van der Waals surface area contributed by atoms with Gasteiger partial charge >= 0.3 is 0 Å². The van der Waals surface area contributed by atoms with Crippen molar-refractivity contribution in [2.45, 2.75) is 13.8 Å². The number of hydrogen-bond donors (Lipinski definition) is 2. The zero-order valence-corrected chi connectivity index (χ0v) is 16.0. The molecule has 29 heavy (non-hydrogen) atoms. The van der Waals surface area contributed by atoms with Crippen LogP contribution in [0.4, 0.5) is 10.2 Å². The van der Waals surface area contributed by atoms with Crippen molar-refractivity contribution in [3.05, 3.63) is 71.8 Å². The van der Waals surface area contributed by atoms with E-state index in [9.17, 15) is 9.18 Å². The number of carbonyl (C=O) groups is 1. The number of hydrogen-bond acceptors (Lipinski definition) is 4. The molecule has 7 heteroatoms. The maximum atomic E-state index is 14.5. The Labute approximate surface area is 166 Å². The molecule has 0 spiro atoms. The van der Waals surface area contributed by atoms with E-state index in [1.54, 1.807) is 12.1 Å². The SMILES string of the molecule is CCOc1ccc(-c2ccc3nc(NC(=O)c4cn[nH]c4)c(C)cc3c2)c(F)c1. The third-order valence-electron chi connectivity index (χ3n) is 4.56. The summed E-state index contributed by atoms with van der Waals surface area (Å²) < 4.78 is 19.9. The molecule has 0 bridgehead atoms. The first kappa shape index (κ1) is 18.6. The quantitative estimate of drug-likeness (QED) is 0.517. The van der Waals surface area contributed by atoms with Gasteiger partial charge in [0.05, 0.1) is 23.9 Å². The molecule has 0 saturated heterocycles. The number of amides is 1. The lowest BCUT2D eigenvalue weighted by molar-refractivity contribution is 0.102. The first-order valence-corrected chi connectivity index (χ1v) is 9.19. The smallest absolute Gasteiger partial charge is 0.260 e. The minimum Gasteiger partial charge on any atom is -0.494 e. The van der Waals surface area contributed by atoms with Gasteiger partial charge in [-0.2, -0.15) is 5.10 Å². The van der Waals surface area contributed by atoms with Crippen LogP contribution in [0.3, 0.4) is 0 Å². The lowest BCUT2D eigenvalue weighted by Gasteiger charge is -2.11. The predicted molar refractivity (Wildman–Crippen MR) is 110 cm³/mol. The summed E-state index contributed by atoms with van der Waals surface area (Å²) in [6.45, 7) is 4.21. The standard InChI is InChI=1S/C22H19FN4O2/c1-3-29-17-5-6-18(19(23)10-17)14-4-7-20-15(9-14)8-13(2)21(26-20)27-22(28)16-11-24-25-12-16/h4-12H,3H2,1-2H3,(H,24,25)(H,26,27,28). The summed E-state index contributed by atoms with van der Waals surface area (Å²) in [5.74, 6) is 0.347. The average Bonchev–Trinajstić information content (AvgIpc) is 3.24. The summed E-state index contributed by atoms with van der Waals surface area (Å²) in [7, 11) is 0. The molecule has 0 unspecified atom stereocenters. The normalized spacial score (nSPS) is 10.9. The summed E-state index contributed by atoms with van der Waals surface area (Å²) >= 11 is 0. The minimum atomic E-state index is -0.344. The van der Waals surface area contributed by atoms with Gasteiger partial charge in [-0.3, -0.25) is 9.89 Å². The summed E-state index contributed by atoms with van der Waals surface area (Å²) in [5, 5.41) is 10.0. The van der Waals surface area contributed by atoms with Crippen molar-refractivity contribution >= 4 is 22.6 Å². The second kappa shape index (κ2) is 7.71. The number of aryl methyl sites for hydroxylation is 1. The number of nitrogens with one attached hydrogen (secondary N) is 2. The molecule has 146 valence electrons. The van der Waals surface area contributed by atoms with Crippen molar-refractivity contribution in [2.24, 2.45) is 0 Å². The Morgan fingerprint density at radius 2 is 2.07 bits per heavy atom. The first-order chi connectivity index (χ1) is 14.0. The number of aromatic nitrogens is 3. The van der Waals surface area contributed by atoms with E-state index in [1.807, 2.05) is 38.1 Å². The van der Waals surface area contributed by atoms with E-state index in [-0.39, 0.29) is 11.7 Å². The van der Waals surface area contributed by atoms with Gasteiger partial charge in [-0.15, -0.1) is 0 Å². The van der Waals surface area contributed by atoms with Crippen LogP contribution in [-0.4, -0.2) is 27.7 Å². The van der Waals surface area contributed by atoms with Gasteiger partial charge in [0.2, 0.25) is 0 Å². The molecule has 0 atom stereocenters. The Balaban J connectivity index is 1.66. The third-order valence-corrected chi connectivity index (χ3v) is 4.56. The Morgan fingerprint density at radius 1 is 1.21 bits per heavy atom. The Kier molecular flexibility index (Phi) is 4.95. The van der Waals surface area contributed by atoms with Crippen molar-refractivity contribution in [3.8, 4) is 16.9 Å². The molecule has 4 aromatic rings. The van der Waals surface area contributed by atoms with E-state index < -0.39 is 0 Å². The van der Waals surface area contributed by atoms with Gasteiger partial charge in [0, 0.05) is 23.2 Å². The molecule has 6 nitrogen and oxygen atoms in total. The number of ether oxygens (including phenoxy) is 1. The van der Waals surface area contributed by atoms with Gasteiger partial charge in [0.25, 0.3) is 5.91 Å². The predicted octanol–water partition coefficient (Wildman–Crippen LogP) is 4.72. The fourth-order valence-corrected chi connectivity index (χ4v) is 3.12. The highest BCUT2D eigenvalue weighted by Crippen LogP contribution is 2.30. The largest absolute Gasteiger partial charge is 0.494 e. The number of aromatic amines is 1. The summed E-state index contributed by atoms with van der Waals surface area (Å²) in [6.07, 6.45) is 2.97. The molecule has 0 radical (unpaired) electrons. The van der Waals surface area contributed by atoms with Crippen LogP contribution in [0.15, 0.2) is 54.9 Å². The second-order valence-electron chi connectivity index (χ2n) is 6.58. The van der Waals surface area contributed by atoms with Gasteiger partial charge < -0.3 is 10.1 Å². The Bertz CT molecular complexity index is 1190. The van der Waals surface area contributed by atoms with Gasteiger partial charge in [0.1, 0.15) is 17.4 Å². The molecular formula is C22H19FN4O2. The maximum Gasteiger partial charge on any atom is 0.260 e. The number of rotatable bonds is 5. The van der Waals surface area contributed by atoms with Crippen LogP contribution in [0.2, 0.25) is 0 Å². The monoisotopic (exact) mass is 390 g/mol. The van der Waals surface area contributed by atoms with Crippen LogP contribution in [0.1, 0.15) is 22.8 Å². The van der Waals surface area contributed by atoms with Crippen molar-refractivity contribution in [1.82, 2.24) is 15.2 Å². The highest BCUT2D eigenvalue weighted by Gasteiger charge is 2.12. The number of benzene rings is 2. The molecular weight excluding hydrogens is 371 g/mol. The fourth-order valence-electron chi connectivity index (χ4n) is 3.12. The number of pyridine rings is 1. The molecule has 2 aromatic carbocycles. The molecule has 2 N–H and O–H groups in total. The van der Waals surface area contributed by atoms with Crippen molar-refractivity contribution < 1.29 is 13.9 Å². The van der Waals surface area contributed by atoms with Crippen molar-refractivity contribution in [1.29, 1.82) is 0 Å². The fraction of sp³-hybridized carbons (Fsp3) is 0.136.